The van der Waals surface area contributed by atoms with E-state index in [0.29, 0.717) is 19.8 Å². The molecule has 1 aliphatic rings. The predicted octanol–water partition coefficient (Wildman–Crippen LogP) is 2.19. The van der Waals surface area contributed by atoms with Gasteiger partial charge in [0.15, 0.2) is 5.13 Å². The smallest absolute Gasteiger partial charge is 0.336 e. The van der Waals surface area contributed by atoms with E-state index in [4.69, 9.17) is 4.74 Å². The van der Waals surface area contributed by atoms with E-state index in [1.165, 1.54) is 21.1 Å². The molecule has 8 nitrogen and oxygen atoms in total. The molecule has 1 saturated heterocycles. The number of thioether (sulfide) groups is 1. The third kappa shape index (κ3) is 5.37. The molecule has 2 aromatic rings. The van der Waals surface area contributed by atoms with Crippen molar-refractivity contribution < 1.29 is 14.3 Å². The van der Waals surface area contributed by atoms with Crippen LogP contribution in [0.1, 0.15) is 16.1 Å². The summed E-state index contributed by atoms with van der Waals surface area (Å²) in [5.41, 5.74) is 6.13. The summed E-state index contributed by atoms with van der Waals surface area (Å²) in [5, 5.41) is 2.47. The number of urea groups is 1. The highest BCUT2D eigenvalue weighted by Crippen LogP contribution is 2.21. The second-order valence-corrected chi connectivity index (χ2v) is 7.92. The molecular weight excluding hydrogens is 398 g/mol. The van der Waals surface area contributed by atoms with Crippen LogP contribution in [0, 0.1) is 0 Å². The van der Waals surface area contributed by atoms with E-state index in [0.717, 1.165) is 23.8 Å². The molecule has 150 valence electrons. The van der Waals surface area contributed by atoms with Gasteiger partial charge in [-0.1, -0.05) is 12.1 Å². The number of hydrogen-bond acceptors (Lipinski definition) is 7. The molecule has 28 heavy (non-hydrogen) atoms. The first-order chi connectivity index (χ1) is 13.6. The van der Waals surface area contributed by atoms with Gasteiger partial charge in [-0.05, 0) is 24.0 Å². The zero-order chi connectivity index (χ0) is 19.9. The van der Waals surface area contributed by atoms with Gasteiger partial charge in [-0.15, -0.1) is 23.1 Å². The quantitative estimate of drug-likeness (QED) is 0.569. The minimum Gasteiger partial charge on any atom is -0.378 e. The Balaban J connectivity index is 1.47. The van der Waals surface area contributed by atoms with Crippen molar-refractivity contribution in [3.05, 3.63) is 40.9 Å². The van der Waals surface area contributed by atoms with E-state index in [1.807, 2.05) is 30.5 Å². The Bertz CT molecular complexity index is 806. The van der Waals surface area contributed by atoms with Gasteiger partial charge in [-0.2, -0.15) is 0 Å². The molecule has 1 aromatic heterocycles. The number of rotatable bonds is 5. The zero-order valence-corrected chi connectivity index (χ0v) is 17.4. The van der Waals surface area contributed by atoms with Crippen LogP contribution in [0.5, 0.6) is 0 Å². The standard InChI is InChI=1S/C18H23N5O3S2/c1-22(11-13-3-5-14(27-2)6-4-13)17(25)21-20-16(24)15-12-28-18(19-15)23-7-9-26-10-8-23/h3-6,12H,7-11H2,1-2H3,(H,20,24)(H,21,25). The maximum Gasteiger partial charge on any atom is 0.336 e. The fourth-order valence-corrected chi connectivity index (χ4v) is 3.88. The van der Waals surface area contributed by atoms with Gasteiger partial charge in [0.05, 0.1) is 13.2 Å². The number of carbonyl (C=O) groups is 2. The molecule has 2 heterocycles. The molecule has 0 radical (unpaired) electrons. The molecule has 1 aromatic carbocycles. The van der Waals surface area contributed by atoms with Crippen molar-refractivity contribution >= 4 is 40.2 Å². The first-order valence-electron chi connectivity index (χ1n) is 8.79. The van der Waals surface area contributed by atoms with Crippen LogP contribution in [-0.4, -0.2) is 61.4 Å². The average molecular weight is 422 g/mol. The highest BCUT2D eigenvalue weighted by molar-refractivity contribution is 7.98. The van der Waals surface area contributed by atoms with Gasteiger partial charge >= 0.3 is 6.03 Å². The Kier molecular flexibility index (Phi) is 7.12. The molecule has 0 aliphatic carbocycles. The van der Waals surface area contributed by atoms with Crippen LogP contribution in [0.15, 0.2) is 34.5 Å². The number of benzene rings is 1. The van der Waals surface area contributed by atoms with Crippen LogP contribution >= 0.6 is 23.1 Å². The van der Waals surface area contributed by atoms with Crippen LogP contribution in [0.25, 0.3) is 0 Å². The van der Waals surface area contributed by atoms with E-state index < -0.39 is 11.9 Å². The number of aromatic nitrogens is 1. The van der Waals surface area contributed by atoms with Crippen molar-refractivity contribution in [3.63, 3.8) is 0 Å². The van der Waals surface area contributed by atoms with Crippen LogP contribution in [-0.2, 0) is 11.3 Å². The number of nitrogens with zero attached hydrogens (tertiary/aromatic N) is 3. The van der Waals surface area contributed by atoms with Gasteiger partial charge in [0.1, 0.15) is 5.69 Å². The number of anilines is 1. The first-order valence-corrected chi connectivity index (χ1v) is 10.9. The molecule has 0 atom stereocenters. The van der Waals surface area contributed by atoms with E-state index >= 15 is 0 Å². The summed E-state index contributed by atoms with van der Waals surface area (Å²) in [4.78, 5) is 33.6. The number of thiazole rings is 1. The van der Waals surface area contributed by atoms with E-state index in [2.05, 4.69) is 20.7 Å². The van der Waals surface area contributed by atoms with Gasteiger partial charge in [-0.25, -0.2) is 15.2 Å². The number of carbonyl (C=O) groups excluding carboxylic acids is 2. The summed E-state index contributed by atoms with van der Waals surface area (Å²) in [6, 6.07) is 7.60. The van der Waals surface area contributed by atoms with Crippen molar-refractivity contribution in [1.29, 1.82) is 0 Å². The summed E-state index contributed by atoms with van der Waals surface area (Å²) in [6.45, 7) is 3.27. The minimum absolute atomic E-state index is 0.280. The third-order valence-corrected chi connectivity index (χ3v) is 5.86. The van der Waals surface area contributed by atoms with Crippen molar-refractivity contribution in [2.45, 2.75) is 11.4 Å². The second kappa shape index (κ2) is 9.76. The summed E-state index contributed by atoms with van der Waals surface area (Å²) >= 11 is 3.07. The molecule has 0 spiro atoms. The number of ether oxygens (including phenoxy) is 1. The Labute approximate surface area is 172 Å². The van der Waals surface area contributed by atoms with Crippen molar-refractivity contribution in [2.24, 2.45) is 0 Å². The number of morpholine rings is 1. The van der Waals surface area contributed by atoms with Gasteiger partial charge in [0, 0.05) is 37.0 Å². The maximum absolute atomic E-state index is 12.3. The van der Waals surface area contributed by atoms with E-state index in [1.54, 1.807) is 24.2 Å². The molecule has 2 N–H and O–H groups in total. The van der Waals surface area contributed by atoms with Gasteiger partial charge in [0.25, 0.3) is 5.91 Å². The van der Waals surface area contributed by atoms with Crippen LogP contribution in [0.4, 0.5) is 9.93 Å². The molecule has 0 saturated carbocycles. The lowest BCUT2D eigenvalue weighted by Gasteiger charge is -2.25. The Hall–Kier alpha value is -2.30. The third-order valence-electron chi connectivity index (χ3n) is 4.21. The zero-order valence-electron chi connectivity index (χ0n) is 15.8. The van der Waals surface area contributed by atoms with Crippen LogP contribution < -0.4 is 15.8 Å². The molecule has 1 aliphatic heterocycles. The van der Waals surface area contributed by atoms with Crippen LogP contribution in [0.2, 0.25) is 0 Å². The Morgan fingerprint density at radius 1 is 1.25 bits per heavy atom. The molecule has 0 unspecified atom stereocenters. The lowest BCUT2D eigenvalue weighted by molar-refractivity contribution is 0.0927. The lowest BCUT2D eigenvalue weighted by Crippen LogP contribution is -2.47. The fourth-order valence-electron chi connectivity index (χ4n) is 2.61. The Morgan fingerprint density at radius 3 is 2.64 bits per heavy atom. The number of amides is 3. The molecule has 1 fully saturated rings. The largest absolute Gasteiger partial charge is 0.378 e. The van der Waals surface area contributed by atoms with Gasteiger partial charge in [0.2, 0.25) is 0 Å². The van der Waals surface area contributed by atoms with Crippen molar-refractivity contribution in [1.82, 2.24) is 20.7 Å². The minimum atomic E-state index is -0.443. The Morgan fingerprint density at radius 2 is 1.96 bits per heavy atom. The molecule has 3 rings (SSSR count). The highest BCUT2D eigenvalue weighted by Gasteiger charge is 2.18. The topological polar surface area (TPSA) is 86.8 Å². The summed E-state index contributed by atoms with van der Waals surface area (Å²) in [5.74, 6) is -0.443. The normalized spacial score (nSPS) is 13.9. The highest BCUT2D eigenvalue weighted by atomic mass is 32.2. The van der Waals surface area contributed by atoms with Gasteiger partial charge in [-0.3, -0.25) is 10.2 Å². The number of nitrogens with one attached hydrogen (secondary N) is 2. The summed E-state index contributed by atoms with van der Waals surface area (Å²) in [6.07, 6.45) is 2.02. The first kappa shape index (κ1) is 20.4. The molecular formula is C18H23N5O3S2. The summed E-state index contributed by atoms with van der Waals surface area (Å²) in [7, 11) is 1.67. The molecule has 3 amide bonds. The maximum atomic E-state index is 12.3. The van der Waals surface area contributed by atoms with E-state index in [9.17, 15) is 9.59 Å². The number of hydrogen-bond donors (Lipinski definition) is 2. The molecule has 10 heteroatoms. The fraction of sp³-hybridized carbons (Fsp3) is 0.389. The summed E-state index contributed by atoms with van der Waals surface area (Å²) < 4.78 is 5.32. The monoisotopic (exact) mass is 421 g/mol. The van der Waals surface area contributed by atoms with Crippen LogP contribution in [0.3, 0.4) is 0 Å². The number of hydrazine groups is 1. The van der Waals surface area contributed by atoms with E-state index in [-0.39, 0.29) is 5.69 Å². The second-order valence-electron chi connectivity index (χ2n) is 6.20. The predicted molar refractivity (Wildman–Crippen MR) is 111 cm³/mol. The van der Waals surface area contributed by atoms with Crippen molar-refractivity contribution in [2.75, 3.05) is 44.5 Å². The lowest BCUT2D eigenvalue weighted by atomic mass is 10.2. The average Bonchev–Trinajstić information content (AvgIpc) is 3.23. The van der Waals surface area contributed by atoms with Crippen molar-refractivity contribution in [3.8, 4) is 0 Å². The SMILES string of the molecule is CSc1ccc(CN(C)C(=O)NNC(=O)c2csc(N3CCOCC3)n2)cc1. The molecule has 0 bridgehead atoms. The van der Waals surface area contributed by atoms with Gasteiger partial charge < -0.3 is 14.5 Å².